The molecule has 45 heavy (non-hydrogen) atoms. The van der Waals surface area contributed by atoms with Crippen LogP contribution in [-0.4, -0.2) is 14.5 Å². The number of aromatic nitrogens is 3. The van der Waals surface area contributed by atoms with Gasteiger partial charge in [0.2, 0.25) is 0 Å². The summed E-state index contributed by atoms with van der Waals surface area (Å²) in [6.07, 6.45) is 0. The first-order valence-electron chi connectivity index (χ1n) is 15.4. The number of para-hydroxylation sites is 2. The van der Waals surface area contributed by atoms with E-state index in [4.69, 9.17) is 9.97 Å². The highest BCUT2D eigenvalue weighted by atomic mass is 15.0. The molecular weight excluding hydrogens is 546 g/mol. The summed E-state index contributed by atoms with van der Waals surface area (Å²) in [5, 5.41) is 6.21. The molecule has 9 aromatic rings. The summed E-state index contributed by atoms with van der Waals surface area (Å²) < 4.78 is 2.43. The molecule has 0 bridgehead atoms. The minimum absolute atomic E-state index is 0.727. The second-order valence-corrected chi connectivity index (χ2v) is 11.8. The molecule has 0 fully saturated rings. The summed E-state index contributed by atoms with van der Waals surface area (Å²) in [7, 11) is 0. The molecule has 0 saturated heterocycles. The Bertz CT molecular complexity index is 2630. The van der Waals surface area contributed by atoms with Crippen LogP contribution in [0.5, 0.6) is 0 Å². The molecule has 3 heteroatoms. The maximum atomic E-state index is 5.10. The van der Waals surface area contributed by atoms with E-state index in [2.05, 4.69) is 138 Å². The SMILES string of the molecule is c1ccc(-c2nc(-c3ccc(-n4c5ccccc5c5cc6c7c(cccc7c54)-c4ccccc4-6)cc3)nc3ccccc23)cc1. The zero-order valence-electron chi connectivity index (χ0n) is 24.3. The van der Waals surface area contributed by atoms with Gasteiger partial charge in [-0.2, -0.15) is 0 Å². The second kappa shape index (κ2) is 9.22. The lowest BCUT2D eigenvalue weighted by atomic mass is 9.99. The molecule has 1 aliphatic carbocycles. The maximum absolute atomic E-state index is 5.10. The first kappa shape index (κ1) is 24.4. The van der Waals surface area contributed by atoms with Gasteiger partial charge >= 0.3 is 0 Å². The highest BCUT2D eigenvalue weighted by molar-refractivity contribution is 6.27. The van der Waals surface area contributed by atoms with Crippen molar-refractivity contribution in [3.63, 3.8) is 0 Å². The summed E-state index contributed by atoms with van der Waals surface area (Å²) in [4.78, 5) is 10.1. The monoisotopic (exact) mass is 571 g/mol. The van der Waals surface area contributed by atoms with E-state index in [1.807, 2.05) is 18.2 Å². The third-order valence-electron chi connectivity index (χ3n) is 9.33. The lowest BCUT2D eigenvalue weighted by Crippen LogP contribution is -1.97. The van der Waals surface area contributed by atoms with E-state index in [0.717, 1.165) is 39.2 Å². The van der Waals surface area contributed by atoms with Crippen molar-refractivity contribution in [1.29, 1.82) is 0 Å². The molecule has 10 rings (SSSR count). The number of hydrogen-bond acceptors (Lipinski definition) is 2. The van der Waals surface area contributed by atoms with Gasteiger partial charge in [-0.15, -0.1) is 0 Å². The van der Waals surface area contributed by atoms with Crippen molar-refractivity contribution in [1.82, 2.24) is 14.5 Å². The van der Waals surface area contributed by atoms with Crippen molar-refractivity contribution in [3.8, 4) is 50.6 Å². The Morgan fingerprint density at radius 2 is 1.09 bits per heavy atom. The van der Waals surface area contributed by atoms with Gasteiger partial charge in [0.25, 0.3) is 0 Å². The Morgan fingerprint density at radius 1 is 0.422 bits per heavy atom. The summed E-state index contributed by atoms with van der Waals surface area (Å²) >= 11 is 0. The lowest BCUT2D eigenvalue weighted by molar-refractivity contribution is 1.18. The fraction of sp³-hybridized carbons (Fsp3) is 0. The van der Waals surface area contributed by atoms with Gasteiger partial charge in [-0.1, -0.05) is 109 Å². The van der Waals surface area contributed by atoms with E-state index in [-0.39, 0.29) is 0 Å². The minimum Gasteiger partial charge on any atom is -0.309 e. The lowest BCUT2D eigenvalue weighted by Gasteiger charge is -2.13. The number of hydrogen-bond donors (Lipinski definition) is 0. The van der Waals surface area contributed by atoms with Gasteiger partial charge in [0.15, 0.2) is 5.82 Å². The van der Waals surface area contributed by atoms with Gasteiger partial charge in [-0.25, -0.2) is 9.97 Å². The van der Waals surface area contributed by atoms with Crippen molar-refractivity contribution in [2.75, 3.05) is 0 Å². The molecule has 7 aromatic carbocycles. The molecule has 2 aromatic heterocycles. The van der Waals surface area contributed by atoms with Gasteiger partial charge < -0.3 is 4.57 Å². The van der Waals surface area contributed by atoms with Crippen LogP contribution in [0.4, 0.5) is 0 Å². The van der Waals surface area contributed by atoms with Crippen molar-refractivity contribution in [3.05, 3.63) is 152 Å². The predicted molar refractivity (Wildman–Crippen MR) is 187 cm³/mol. The van der Waals surface area contributed by atoms with Crippen LogP contribution in [0.1, 0.15) is 0 Å². The molecule has 0 saturated carbocycles. The number of fused-ring (bicyclic) bond motifs is 8. The van der Waals surface area contributed by atoms with Gasteiger partial charge in [0.1, 0.15) is 0 Å². The second-order valence-electron chi connectivity index (χ2n) is 11.8. The molecule has 0 N–H and O–H groups in total. The predicted octanol–water partition coefficient (Wildman–Crippen LogP) is 10.9. The molecule has 0 unspecified atom stereocenters. The number of benzene rings is 7. The topological polar surface area (TPSA) is 30.7 Å². The summed E-state index contributed by atoms with van der Waals surface area (Å²) in [5.41, 5.74) is 12.8. The van der Waals surface area contributed by atoms with Crippen LogP contribution in [0.25, 0.3) is 94.1 Å². The fourth-order valence-electron chi connectivity index (χ4n) is 7.37. The molecule has 3 nitrogen and oxygen atoms in total. The molecule has 1 aliphatic rings. The summed E-state index contributed by atoms with van der Waals surface area (Å²) in [6.45, 7) is 0. The molecule has 0 radical (unpaired) electrons. The molecular formula is C42H25N3. The van der Waals surface area contributed by atoms with E-state index in [1.165, 1.54) is 54.8 Å². The van der Waals surface area contributed by atoms with Crippen molar-refractivity contribution >= 4 is 43.5 Å². The third kappa shape index (κ3) is 3.46. The van der Waals surface area contributed by atoms with E-state index in [1.54, 1.807) is 0 Å². The zero-order chi connectivity index (χ0) is 29.5. The molecule has 0 spiro atoms. The third-order valence-corrected chi connectivity index (χ3v) is 9.33. The standard InChI is InChI=1S/C42H25N3/c1-2-11-26(12-3-1)40-33-16-6-8-19-37(33)43-42(44-40)27-21-23-28(24-22-27)45-38-20-9-7-15-31(38)36-25-35-30-14-5-4-13-29(30)32-17-10-18-34(39(32)35)41(36)45/h1-25H. The first-order valence-corrected chi connectivity index (χ1v) is 15.4. The minimum atomic E-state index is 0.727. The van der Waals surface area contributed by atoms with Crippen LogP contribution in [-0.2, 0) is 0 Å². The van der Waals surface area contributed by atoms with Gasteiger partial charge in [-0.05, 0) is 70.1 Å². The van der Waals surface area contributed by atoms with Crippen LogP contribution in [0.3, 0.4) is 0 Å². The average molecular weight is 572 g/mol. The average Bonchev–Trinajstić information content (AvgIpc) is 3.62. The first-order chi connectivity index (χ1) is 22.3. The zero-order valence-corrected chi connectivity index (χ0v) is 24.3. The van der Waals surface area contributed by atoms with Crippen molar-refractivity contribution in [2.24, 2.45) is 0 Å². The Hall–Kier alpha value is -6.06. The van der Waals surface area contributed by atoms with Gasteiger partial charge in [0.05, 0.1) is 22.2 Å². The van der Waals surface area contributed by atoms with E-state index in [9.17, 15) is 0 Å². The van der Waals surface area contributed by atoms with Crippen molar-refractivity contribution in [2.45, 2.75) is 0 Å². The van der Waals surface area contributed by atoms with Crippen molar-refractivity contribution < 1.29 is 0 Å². The Balaban J connectivity index is 1.19. The summed E-state index contributed by atoms with van der Waals surface area (Å²) in [6, 6.07) is 54.1. The Kier molecular flexibility index (Phi) is 5.00. The molecule has 0 aliphatic heterocycles. The van der Waals surface area contributed by atoms with Gasteiger partial charge in [-0.3, -0.25) is 0 Å². The molecule has 208 valence electrons. The van der Waals surface area contributed by atoms with Crippen LogP contribution in [0.15, 0.2) is 152 Å². The van der Waals surface area contributed by atoms with Crippen LogP contribution in [0, 0.1) is 0 Å². The molecule has 2 heterocycles. The summed E-state index contributed by atoms with van der Waals surface area (Å²) in [5.74, 6) is 0.727. The Labute approximate surface area is 259 Å². The fourth-order valence-corrected chi connectivity index (χ4v) is 7.37. The van der Waals surface area contributed by atoms with Crippen LogP contribution < -0.4 is 0 Å². The van der Waals surface area contributed by atoms with E-state index in [0.29, 0.717) is 0 Å². The largest absolute Gasteiger partial charge is 0.309 e. The van der Waals surface area contributed by atoms with E-state index < -0.39 is 0 Å². The van der Waals surface area contributed by atoms with E-state index >= 15 is 0 Å². The maximum Gasteiger partial charge on any atom is 0.160 e. The number of rotatable bonds is 3. The molecule has 0 amide bonds. The highest BCUT2D eigenvalue weighted by Gasteiger charge is 2.25. The number of nitrogens with zero attached hydrogens (tertiary/aromatic N) is 3. The molecule has 0 atom stereocenters. The van der Waals surface area contributed by atoms with Gasteiger partial charge in [0, 0.05) is 38.4 Å². The van der Waals surface area contributed by atoms with Crippen LogP contribution >= 0.6 is 0 Å². The quantitative estimate of drug-likeness (QED) is 0.211. The Morgan fingerprint density at radius 3 is 1.93 bits per heavy atom. The smallest absolute Gasteiger partial charge is 0.160 e. The highest BCUT2D eigenvalue weighted by Crippen LogP contribution is 2.51. The normalized spacial score (nSPS) is 12.0. The van der Waals surface area contributed by atoms with Crippen LogP contribution in [0.2, 0.25) is 0 Å².